The number of hydrogen-bond acceptors (Lipinski definition) is 3. The molecule has 5 nitrogen and oxygen atoms in total. The highest BCUT2D eigenvalue weighted by molar-refractivity contribution is 5.82. The first-order valence-corrected chi connectivity index (χ1v) is 6.99. The smallest absolute Gasteiger partial charge is 0.320 e. The lowest BCUT2D eigenvalue weighted by Gasteiger charge is -2.07. The second kappa shape index (κ2) is 9.09. The zero-order valence-electron chi connectivity index (χ0n) is 12.9. The summed E-state index contributed by atoms with van der Waals surface area (Å²) >= 11 is 0. The molecule has 0 aliphatic rings. The van der Waals surface area contributed by atoms with Crippen LogP contribution in [0.3, 0.4) is 0 Å². The van der Waals surface area contributed by atoms with Crippen LogP contribution in [0.5, 0.6) is 0 Å². The number of aromatic amines is 1. The number of nitrogens with zero attached hydrogens (tertiary/aromatic N) is 1. The summed E-state index contributed by atoms with van der Waals surface area (Å²) in [6.07, 6.45) is 2.05. The summed E-state index contributed by atoms with van der Waals surface area (Å²) in [5, 5.41) is 16.6. The number of nitrogens with one attached hydrogen (secondary N) is 1. The minimum absolute atomic E-state index is 0.331. The Morgan fingerprint density at radius 1 is 1.35 bits per heavy atom. The highest BCUT2D eigenvalue weighted by Crippen LogP contribution is 2.18. The molecule has 0 aliphatic carbocycles. The fourth-order valence-electron chi connectivity index (χ4n) is 1.77. The Morgan fingerprint density at radius 2 is 1.95 bits per heavy atom. The zero-order chi connectivity index (χ0) is 15.7. The van der Waals surface area contributed by atoms with Crippen LogP contribution in [-0.4, -0.2) is 27.3 Å². The van der Waals surface area contributed by atoms with Crippen LogP contribution in [0.25, 0.3) is 10.9 Å². The first-order valence-electron chi connectivity index (χ1n) is 6.99. The van der Waals surface area contributed by atoms with Gasteiger partial charge in [-0.3, -0.25) is 9.89 Å². The van der Waals surface area contributed by atoms with Crippen molar-refractivity contribution in [1.29, 1.82) is 0 Å². The first kappa shape index (κ1) is 18.1. The van der Waals surface area contributed by atoms with Crippen molar-refractivity contribution in [2.45, 2.75) is 47.1 Å². The van der Waals surface area contributed by atoms with Crippen molar-refractivity contribution in [3.8, 4) is 0 Å². The van der Waals surface area contributed by atoms with Gasteiger partial charge in [0.05, 0.1) is 11.7 Å². The van der Waals surface area contributed by atoms with E-state index in [1.165, 1.54) is 0 Å². The lowest BCUT2D eigenvalue weighted by atomic mass is 10.0. The molecule has 0 spiro atoms. The minimum atomic E-state index is -0.982. The van der Waals surface area contributed by atoms with Crippen molar-refractivity contribution in [2.24, 2.45) is 5.73 Å². The van der Waals surface area contributed by atoms with E-state index in [1.54, 1.807) is 6.20 Å². The molecule has 1 aromatic carbocycles. The van der Waals surface area contributed by atoms with E-state index in [-0.39, 0.29) is 0 Å². The van der Waals surface area contributed by atoms with Gasteiger partial charge in [-0.1, -0.05) is 33.8 Å². The van der Waals surface area contributed by atoms with Gasteiger partial charge in [0.2, 0.25) is 0 Å². The number of nitrogens with two attached hydrogens (primary N) is 1. The molecule has 0 fully saturated rings. The van der Waals surface area contributed by atoms with Gasteiger partial charge in [-0.25, -0.2) is 0 Å². The number of H-pyrrole nitrogens is 1. The topological polar surface area (TPSA) is 92.0 Å². The fraction of sp³-hybridized carbons (Fsp3) is 0.467. The van der Waals surface area contributed by atoms with E-state index in [0.717, 1.165) is 22.0 Å². The monoisotopic (exact) mass is 279 g/mol. The number of carboxylic acid groups (broad SMARTS) is 1. The number of hydrogen-bond donors (Lipinski definition) is 3. The summed E-state index contributed by atoms with van der Waals surface area (Å²) in [4.78, 5) is 10.7. The van der Waals surface area contributed by atoms with E-state index >= 15 is 0 Å². The lowest BCUT2D eigenvalue weighted by Crippen LogP contribution is -2.32. The van der Waals surface area contributed by atoms with E-state index in [9.17, 15) is 4.79 Å². The van der Waals surface area contributed by atoms with Gasteiger partial charge in [0.15, 0.2) is 0 Å². The summed E-state index contributed by atoms with van der Waals surface area (Å²) in [5.41, 5.74) is 8.44. The second-order valence-electron chi connectivity index (χ2n) is 3.90. The third-order valence-corrected chi connectivity index (χ3v) is 2.58. The van der Waals surface area contributed by atoms with Crippen LogP contribution in [0, 0.1) is 6.92 Å². The van der Waals surface area contributed by atoms with Crippen molar-refractivity contribution >= 4 is 16.9 Å². The molecule has 0 aliphatic heterocycles. The molecule has 0 saturated heterocycles. The van der Waals surface area contributed by atoms with Crippen LogP contribution < -0.4 is 5.73 Å². The molecule has 1 unspecified atom stereocenters. The molecular weight excluding hydrogens is 254 g/mol. The van der Waals surface area contributed by atoms with Gasteiger partial charge in [0.25, 0.3) is 0 Å². The van der Waals surface area contributed by atoms with Gasteiger partial charge in [0, 0.05) is 5.39 Å². The highest BCUT2D eigenvalue weighted by Gasteiger charge is 2.13. The Balaban J connectivity index is 0.000000829. The van der Waals surface area contributed by atoms with Crippen LogP contribution in [0.2, 0.25) is 0 Å². The number of rotatable bonds is 3. The quantitative estimate of drug-likeness (QED) is 0.805. The Bertz CT molecular complexity index is 535. The van der Waals surface area contributed by atoms with Gasteiger partial charge in [-0.05, 0) is 30.5 Å². The van der Waals surface area contributed by atoms with E-state index < -0.39 is 12.0 Å². The molecule has 20 heavy (non-hydrogen) atoms. The summed E-state index contributed by atoms with van der Waals surface area (Å²) in [6.45, 7) is 9.95. The molecule has 2 rings (SSSR count). The standard InChI is InChI=1S/C11H13N3O2.2C2H6/c1-6-2-7(4-9(12)11(15)16)3-8-5-13-14-10(6)8;2*1-2/h2-3,5,9H,4,12H2,1H3,(H,13,14)(H,15,16);2*1-2H3. The van der Waals surface area contributed by atoms with Crippen molar-refractivity contribution in [3.05, 3.63) is 29.5 Å². The zero-order valence-corrected chi connectivity index (χ0v) is 12.9. The summed E-state index contributed by atoms with van der Waals surface area (Å²) < 4.78 is 0. The summed E-state index contributed by atoms with van der Waals surface area (Å²) in [5.74, 6) is -0.982. The Hall–Kier alpha value is -1.88. The van der Waals surface area contributed by atoms with Crippen LogP contribution in [0.15, 0.2) is 18.3 Å². The molecule has 0 saturated carbocycles. The summed E-state index contributed by atoms with van der Waals surface area (Å²) in [7, 11) is 0. The van der Waals surface area contributed by atoms with Gasteiger partial charge >= 0.3 is 5.97 Å². The maximum absolute atomic E-state index is 10.7. The molecule has 5 heteroatoms. The molecule has 1 atom stereocenters. The molecule has 0 amide bonds. The van der Waals surface area contributed by atoms with Gasteiger partial charge in [0.1, 0.15) is 6.04 Å². The molecular formula is C15H25N3O2. The van der Waals surface area contributed by atoms with Crippen molar-refractivity contribution in [1.82, 2.24) is 10.2 Å². The number of fused-ring (bicyclic) bond motifs is 1. The van der Waals surface area contributed by atoms with Gasteiger partial charge < -0.3 is 10.8 Å². The first-order chi connectivity index (χ1) is 9.58. The van der Waals surface area contributed by atoms with Gasteiger partial charge in [-0.15, -0.1) is 0 Å². The molecule has 0 radical (unpaired) electrons. The van der Waals surface area contributed by atoms with E-state index in [4.69, 9.17) is 10.8 Å². The Labute approximate surface area is 120 Å². The number of carbonyl (C=O) groups is 1. The second-order valence-corrected chi connectivity index (χ2v) is 3.90. The summed E-state index contributed by atoms with van der Waals surface area (Å²) in [6, 6.07) is 2.99. The highest BCUT2D eigenvalue weighted by atomic mass is 16.4. The minimum Gasteiger partial charge on any atom is -0.480 e. The third-order valence-electron chi connectivity index (χ3n) is 2.58. The fourth-order valence-corrected chi connectivity index (χ4v) is 1.77. The van der Waals surface area contributed by atoms with Gasteiger partial charge in [-0.2, -0.15) is 5.10 Å². The molecule has 1 aromatic heterocycles. The number of aromatic nitrogens is 2. The number of benzene rings is 1. The molecule has 0 bridgehead atoms. The predicted molar refractivity (Wildman–Crippen MR) is 82.8 cm³/mol. The van der Waals surface area contributed by atoms with E-state index in [0.29, 0.717) is 6.42 Å². The predicted octanol–water partition coefficient (Wildman–Crippen LogP) is 2.88. The number of carboxylic acids is 1. The maximum Gasteiger partial charge on any atom is 0.320 e. The Morgan fingerprint density at radius 3 is 2.50 bits per heavy atom. The third kappa shape index (κ3) is 4.66. The number of aryl methyl sites for hydroxylation is 1. The van der Waals surface area contributed by atoms with Crippen molar-refractivity contribution < 1.29 is 9.90 Å². The normalized spacial score (nSPS) is 10.9. The van der Waals surface area contributed by atoms with Crippen molar-refractivity contribution in [2.75, 3.05) is 0 Å². The number of aliphatic carboxylic acids is 1. The maximum atomic E-state index is 10.7. The average Bonchev–Trinajstić information content (AvgIpc) is 2.92. The average molecular weight is 279 g/mol. The molecule has 112 valence electrons. The van der Waals surface area contributed by atoms with Crippen LogP contribution in [0.4, 0.5) is 0 Å². The molecule has 4 N–H and O–H groups in total. The molecule has 2 aromatic rings. The molecule has 1 heterocycles. The SMILES string of the molecule is CC.CC.Cc1cc(CC(N)C(=O)O)cc2cn[nH]c12. The van der Waals surface area contributed by atoms with E-state index in [1.807, 2.05) is 46.8 Å². The van der Waals surface area contributed by atoms with Crippen molar-refractivity contribution in [3.63, 3.8) is 0 Å². The largest absolute Gasteiger partial charge is 0.480 e. The lowest BCUT2D eigenvalue weighted by molar-refractivity contribution is -0.138. The van der Waals surface area contributed by atoms with E-state index in [2.05, 4.69) is 10.2 Å². The Kier molecular flexibility index (Phi) is 8.24. The van der Waals surface area contributed by atoms with Crippen LogP contribution >= 0.6 is 0 Å². The van der Waals surface area contributed by atoms with Crippen LogP contribution in [0.1, 0.15) is 38.8 Å². The van der Waals surface area contributed by atoms with Crippen LogP contribution in [-0.2, 0) is 11.2 Å².